The van der Waals surface area contributed by atoms with Crippen molar-refractivity contribution in [2.75, 3.05) is 11.9 Å². The van der Waals surface area contributed by atoms with Gasteiger partial charge in [-0.25, -0.2) is 4.79 Å². The van der Waals surface area contributed by atoms with E-state index in [4.69, 9.17) is 16.3 Å². The fourth-order valence-electron chi connectivity index (χ4n) is 1.30. The molecule has 0 spiro atoms. The Kier molecular flexibility index (Phi) is 6.35. The first-order valence-corrected chi connectivity index (χ1v) is 6.39. The van der Waals surface area contributed by atoms with Crippen molar-refractivity contribution in [1.29, 1.82) is 0 Å². The number of esters is 1. The molecule has 112 valence electrons. The van der Waals surface area contributed by atoms with Gasteiger partial charge in [-0.15, -0.1) is 0 Å². The van der Waals surface area contributed by atoms with Crippen molar-refractivity contribution >= 4 is 34.9 Å². The van der Waals surface area contributed by atoms with Gasteiger partial charge in [0.25, 0.3) is 11.6 Å². The highest BCUT2D eigenvalue weighted by atomic mass is 35.5. The zero-order valence-corrected chi connectivity index (χ0v) is 11.9. The minimum atomic E-state index is -0.623. The van der Waals surface area contributed by atoms with E-state index in [1.54, 1.807) is 6.08 Å². The highest BCUT2D eigenvalue weighted by Gasteiger charge is 2.12. The molecule has 0 heterocycles. The molecule has 8 heteroatoms. The van der Waals surface area contributed by atoms with E-state index in [0.29, 0.717) is 6.42 Å². The number of rotatable bonds is 6. The van der Waals surface area contributed by atoms with Gasteiger partial charge in [-0.1, -0.05) is 24.6 Å². The fraction of sp³-hybridized carbons (Fsp3) is 0.231. The van der Waals surface area contributed by atoms with Crippen molar-refractivity contribution < 1.29 is 19.2 Å². The minimum Gasteiger partial charge on any atom is -0.452 e. The quantitative estimate of drug-likeness (QED) is 0.377. The molecule has 1 aromatic carbocycles. The number of amides is 1. The lowest BCUT2D eigenvalue weighted by Gasteiger charge is -2.07. The van der Waals surface area contributed by atoms with Crippen LogP contribution in [0.5, 0.6) is 0 Å². The molecular weight excluding hydrogens is 300 g/mol. The van der Waals surface area contributed by atoms with Crippen LogP contribution in [0.2, 0.25) is 5.02 Å². The van der Waals surface area contributed by atoms with Crippen molar-refractivity contribution in [2.24, 2.45) is 0 Å². The van der Waals surface area contributed by atoms with Crippen LogP contribution in [0.1, 0.15) is 13.3 Å². The summed E-state index contributed by atoms with van der Waals surface area (Å²) in [5, 5.41) is 13.0. The molecule has 0 saturated carbocycles. The molecule has 7 nitrogen and oxygen atoms in total. The van der Waals surface area contributed by atoms with Gasteiger partial charge in [0.1, 0.15) is 0 Å². The van der Waals surface area contributed by atoms with Gasteiger partial charge in [-0.05, 0) is 12.5 Å². The van der Waals surface area contributed by atoms with Crippen LogP contribution < -0.4 is 5.32 Å². The number of nitro groups is 1. The van der Waals surface area contributed by atoms with E-state index in [1.165, 1.54) is 18.2 Å². The summed E-state index contributed by atoms with van der Waals surface area (Å²) in [5.41, 5.74) is 0.0153. The maximum atomic E-state index is 11.6. The van der Waals surface area contributed by atoms with Crippen LogP contribution in [-0.2, 0) is 14.3 Å². The van der Waals surface area contributed by atoms with Gasteiger partial charge in [-0.2, -0.15) is 0 Å². The molecule has 0 radical (unpaired) electrons. The molecule has 1 N–H and O–H groups in total. The second-order valence-electron chi connectivity index (χ2n) is 3.89. The van der Waals surface area contributed by atoms with E-state index in [2.05, 4.69) is 5.32 Å². The smallest absolute Gasteiger partial charge is 0.330 e. The summed E-state index contributed by atoms with van der Waals surface area (Å²) < 4.78 is 4.69. The number of carbonyl (C=O) groups is 2. The molecule has 0 aliphatic heterocycles. The highest BCUT2D eigenvalue weighted by molar-refractivity contribution is 6.34. The number of nitrogens with one attached hydrogen (secondary N) is 1. The molecule has 21 heavy (non-hydrogen) atoms. The number of halogens is 1. The number of hydrogen-bond donors (Lipinski definition) is 1. The largest absolute Gasteiger partial charge is 0.452 e. The Morgan fingerprint density at radius 3 is 2.76 bits per heavy atom. The molecule has 0 aliphatic carbocycles. The van der Waals surface area contributed by atoms with Gasteiger partial charge in [-0.3, -0.25) is 14.9 Å². The maximum Gasteiger partial charge on any atom is 0.330 e. The van der Waals surface area contributed by atoms with Gasteiger partial charge in [0.05, 0.1) is 15.6 Å². The van der Waals surface area contributed by atoms with Gasteiger partial charge in [0.2, 0.25) is 0 Å². The van der Waals surface area contributed by atoms with E-state index >= 15 is 0 Å². The van der Waals surface area contributed by atoms with Crippen LogP contribution in [0.25, 0.3) is 0 Å². The first-order valence-electron chi connectivity index (χ1n) is 6.01. The third kappa shape index (κ3) is 5.62. The number of carbonyl (C=O) groups excluding carboxylic acids is 2. The second-order valence-corrected chi connectivity index (χ2v) is 4.29. The number of ether oxygens (including phenoxy) is 1. The number of allylic oxidation sites excluding steroid dienone is 1. The van der Waals surface area contributed by atoms with Crippen LogP contribution in [0, 0.1) is 10.1 Å². The molecule has 0 atom stereocenters. The number of anilines is 1. The van der Waals surface area contributed by atoms with Crippen molar-refractivity contribution in [3.63, 3.8) is 0 Å². The van der Waals surface area contributed by atoms with Crippen molar-refractivity contribution in [3.8, 4) is 0 Å². The minimum absolute atomic E-state index is 0.0229. The molecule has 1 amide bonds. The molecule has 0 unspecified atom stereocenters. The number of hydrogen-bond acceptors (Lipinski definition) is 5. The topological polar surface area (TPSA) is 98.5 Å². The summed E-state index contributed by atoms with van der Waals surface area (Å²) in [6, 6.07) is 3.63. The molecule has 0 aliphatic rings. The van der Waals surface area contributed by atoms with Crippen molar-refractivity contribution in [2.45, 2.75) is 13.3 Å². The van der Waals surface area contributed by atoms with Gasteiger partial charge >= 0.3 is 5.97 Å². The lowest BCUT2D eigenvalue weighted by Crippen LogP contribution is -2.20. The maximum absolute atomic E-state index is 11.6. The summed E-state index contributed by atoms with van der Waals surface area (Å²) in [5.74, 6) is -1.22. The summed E-state index contributed by atoms with van der Waals surface area (Å²) in [6.07, 6.45) is 3.51. The van der Waals surface area contributed by atoms with Crippen LogP contribution in [0.15, 0.2) is 30.4 Å². The fourth-order valence-corrected chi connectivity index (χ4v) is 1.53. The van der Waals surface area contributed by atoms with Crippen LogP contribution in [-0.4, -0.2) is 23.4 Å². The van der Waals surface area contributed by atoms with Crippen LogP contribution in [0.4, 0.5) is 11.4 Å². The monoisotopic (exact) mass is 312 g/mol. The normalized spacial score (nSPS) is 10.4. The van der Waals surface area contributed by atoms with Gasteiger partial charge in [0, 0.05) is 18.2 Å². The Morgan fingerprint density at radius 1 is 1.48 bits per heavy atom. The summed E-state index contributed by atoms with van der Waals surface area (Å²) in [4.78, 5) is 32.7. The summed E-state index contributed by atoms with van der Waals surface area (Å²) in [7, 11) is 0. The van der Waals surface area contributed by atoms with Gasteiger partial charge in [0.15, 0.2) is 6.61 Å². The van der Waals surface area contributed by atoms with E-state index in [0.717, 1.165) is 6.07 Å². The van der Waals surface area contributed by atoms with Crippen LogP contribution >= 0.6 is 11.6 Å². The lowest BCUT2D eigenvalue weighted by molar-refractivity contribution is -0.384. The van der Waals surface area contributed by atoms with E-state index in [9.17, 15) is 19.7 Å². The Labute approximate surface area is 125 Å². The molecule has 1 aromatic rings. The van der Waals surface area contributed by atoms with E-state index in [1.807, 2.05) is 6.92 Å². The summed E-state index contributed by atoms with van der Waals surface area (Å²) in [6.45, 7) is 1.38. The number of non-ortho nitro benzene ring substituents is 1. The predicted octanol–water partition coefficient (Wildman–Crippen LogP) is 2.70. The van der Waals surface area contributed by atoms with Crippen LogP contribution in [0.3, 0.4) is 0 Å². The highest BCUT2D eigenvalue weighted by Crippen LogP contribution is 2.26. The Bertz CT molecular complexity index is 586. The average molecular weight is 313 g/mol. The SMILES string of the molecule is CC/C=C/C(=O)OCC(=O)Nc1ccc([N+](=O)[O-])cc1Cl. The molecule has 0 bridgehead atoms. The second kappa shape index (κ2) is 8.01. The standard InChI is InChI=1S/C13H13ClN2O5/c1-2-3-4-13(18)21-8-12(17)15-11-6-5-9(16(19)20)7-10(11)14/h3-7H,2,8H2,1H3,(H,15,17)/b4-3+. The number of nitro benzene ring substituents is 1. The van der Waals surface area contributed by atoms with Gasteiger partial charge < -0.3 is 10.1 Å². The zero-order valence-electron chi connectivity index (χ0n) is 11.2. The first kappa shape index (κ1) is 16.6. The zero-order chi connectivity index (χ0) is 15.8. The third-order valence-electron chi connectivity index (χ3n) is 2.27. The molecule has 0 aromatic heterocycles. The Morgan fingerprint density at radius 2 is 2.19 bits per heavy atom. The van der Waals surface area contributed by atoms with E-state index in [-0.39, 0.29) is 16.4 Å². The molecule has 1 rings (SSSR count). The molecule has 0 saturated heterocycles. The predicted molar refractivity (Wildman–Crippen MR) is 77.1 cm³/mol. The summed E-state index contributed by atoms with van der Waals surface area (Å²) >= 11 is 5.81. The van der Waals surface area contributed by atoms with Crippen molar-refractivity contribution in [3.05, 3.63) is 45.5 Å². The average Bonchev–Trinajstić information content (AvgIpc) is 2.44. The third-order valence-corrected chi connectivity index (χ3v) is 2.59. The lowest BCUT2D eigenvalue weighted by atomic mass is 10.3. The number of benzene rings is 1. The first-order chi connectivity index (χ1) is 9.93. The Hall–Kier alpha value is -2.41. The Balaban J connectivity index is 2.57. The molecule has 0 fully saturated rings. The molecular formula is C13H13ClN2O5. The van der Waals surface area contributed by atoms with Crippen molar-refractivity contribution in [1.82, 2.24) is 0 Å². The number of nitrogens with zero attached hydrogens (tertiary/aromatic N) is 1. The van der Waals surface area contributed by atoms with E-state index < -0.39 is 23.4 Å².